The van der Waals surface area contributed by atoms with Crippen molar-refractivity contribution in [2.45, 2.75) is 32.4 Å². The lowest BCUT2D eigenvalue weighted by Gasteiger charge is -2.36. The molecule has 2 heterocycles. The molecule has 5 heteroatoms. The standard InChI is InChI=1S/C16H24N2O3/c1-12-14(5-7-21-12)9-17(2)10-16(19)18-6-8-20-11-15(18)13-3-4-13/h5,7,13,15H,3-4,6,8-11H2,1-2H3. The van der Waals surface area contributed by atoms with Crippen LogP contribution in [0.2, 0.25) is 0 Å². The Morgan fingerprint density at radius 2 is 2.29 bits per heavy atom. The summed E-state index contributed by atoms with van der Waals surface area (Å²) in [5.41, 5.74) is 1.14. The summed E-state index contributed by atoms with van der Waals surface area (Å²) >= 11 is 0. The molecule has 5 nitrogen and oxygen atoms in total. The Kier molecular flexibility index (Phi) is 4.31. The summed E-state index contributed by atoms with van der Waals surface area (Å²) in [6, 6.07) is 2.27. The zero-order chi connectivity index (χ0) is 14.8. The highest BCUT2D eigenvalue weighted by Gasteiger charge is 2.39. The van der Waals surface area contributed by atoms with Gasteiger partial charge in [0.25, 0.3) is 0 Å². The maximum Gasteiger partial charge on any atom is 0.237 e. The molecule has 0 N–H and O–H groups in total. The second-order valence-electron chi connectivity index (χ2n) is 6.24. The van der Waals surface area contributed by atoms with Gasteiger partial charge < -0.3 is 14.1 Å². The van der Waals surface area contributed by atoms with Crippen molar-refractivity contribution in [3.63, 3.8) is 0 Å². The molecule has 0 bridgehead atoms. The van der Waals surface area contributed by atoms with Gasteiger partial charge in [-0.15, -0.1) is 0 Å². The van der Waals surface area contributed by atoms with Crippen molar-refractivity contribution in [1.82, 2.24) is 9.80 Å². The topological polar surface area (TPSA) is 45.9 Å². The first kappa shape index (κ1) is 14.6. The fraction of sp³-hybridized carbons (Fsp3) is 0.688. The number of nitrogens with zero attached hydrogens (tertiary/aromatic N) is 2. The van der Waals surface area contributed by atoms with Gasteiger partial charge in [-0.1, -0.05) is 0 Å². The maximum absolute atomic E-state index is 12.6. The van der Waals surface area contributed by atoms with Gasteiger partial charge in [0.1, 0.15) is 5.76 Å². The van der Waals surface area contributed by atoms with Gasteiger partial charge in [0.05, 0.1) is 32.1 Å². The first-order valence-corrected chi connectivity index (χ1v) is 7.74. The minimum atomic E-state index is 0.221. The number of aryl methyl sites for hydroxylation is 1. The van der Waals surface area contributed by atoms with E-state index in [9.17, 15) is 4.79 Å². The van der Waals surface area contributed by atoms with Crippen LogP contribution in [0.5, 0.6) is 0 Å². The second kappa shape index (κ2) is 6.20. The lowest BCUT2D eigenvalue weighted by molar-refractivity contribution is -0.141. The molecule has 1 aromatic heterocycles. The smallest absolute Gasteiger partial charge is 0.237 e. The van der Waals surface area contributed by atoms with Crippen molar-refractivity contribution in [2.75, 3.05) is 33.4 Å². The Labute approximate surface area is 125 Å². The van der Waals surface area contributed by atoms with Gasteiger partial charge in [-0.3, -0.25) is 9.69 Å². The minimum Gasteiger partial charge on any atom is -0.469 e. The number of rotatable bonds is 5. The van der Waals surface area contributed by atoms with Crippen molar-refractivity contribution < 1.29 is 13.9 Å². The molecule has 2 aliphatic rings. The highest BCUT2D eigenvalue weighted by Crippen LogP contribution is 2.36. The highest BCUT2D eigenvalue weighted by molar-refractivity contribution is 5.78. The molecule has 0 aromatic carbocycles. The zero-order valence-corrected chi connectivity index (χ0v) is 12.9. The van der Waals surface area contributed by atoms with Crippen molar-refractivity contribution in [1.29, 1.82) is 0 Å². The van der Waals surface area contributed by atoms with E-state index in [2.05, 4.69) is 4.90 Å². The maximum atomic E-state index is 12.6. The van der Waals surface area contributed by atoms with Crippen LogP contribution in [-0.2, 0) is 16.1 Å². The number of ether oxygens (including phenoxy) is 1. The van der Waals surface area contributed by atoms with Crippen LogP contribution in [0, 0.1) is 12.8 Å². The van der Waals surface area contributed by atoms with Gasteiger partial charge in [-0.05, 0) is 38.8 Å². The molecule has 2 fully saturated rings. The summed E-state index contributed by atoms with van der Waals surface area (Å²) in [6.07, 6.45) is 4.18. The van der Waals surface area contributed by atoms with E-state index < -0.39 is 0 Å². The van der Waals surface area contributed by atoms with Gasteiger partial charge in [-0.2, -0.15) is 0 Å². The summed E-state index contributed by atoms with van der Waals surface area (Å²) in [7, 11) is 1.98. The van der Waals surface area contributed by atoms with Crippen LogP contribution in [0.25, 0.3) is 0 Å². The molecule has 1 aromatic rings. The molecule has 1 aliphatic carbocycles. The SMILES string of the molecule is Cc1occc1CN(C)CC(=O)N1CCOCC1C1CC1. The first-order chi connectivity index (χ1) is 10.1. The molecule has 0 radical (unpaired) electrons. The van der Waals surface area contributed by atoms with E-state index in [-0.39, 0.29) is 5.91 Å². The number of carbonyl (C=O) groups excluding carboxylic acids is 1. The lowest BCUT2D eigenvalue weighted by atomic mass is 10.1. The zero-order valence-electron chi connectivity index (χ0n) is 12.9. The average Bonchev–Trinajstić information content (AvgIpc) is 3.24. The number of amides is 1. The van der Waals surface area contributed by atoms with Gasteiger partial charge in [-0.25, -0.2) is 0 Å². The number of morpholine rings is 1. The predicted octanol–water partition coefficient (Wildman–Crippen LogP) is 1.66. The van der Waals surface area contributed by atoms with E-state index in [0.29, 0.717) is 31.7 Å². The fourth-order valence-electron chi connectivity index (χ4n) is 3.05. The first-order valence-electron chi connectivity index (χ1n) is 7.74. The van der Waals surface area contributed by atoms with Crippen LogP contribution in [0.3, 0.4) is 0 Å². The van der Waals surface area contributed by atoms with Crippen LogP contribution in [0.15, 0.2) is 16.7 Å². The third-order valence-electron chi connectivity index (χ3n) is 4.46. The van der Waals surface area contributed by atoms with Crippen molar-refractivity contribution in [3.05, 3.63) is 23.7 Å². The van der Waals surface area contributed by atoms with E-state index in [0.717, 1.165) is 24.4 Å². The second-order valence-corrected chi connectivity index (χ2v) is 6.24. The normalized spacial score (nSPS) is 22.8. The molecule has 1 amide bonds. The Bertz CT molecular complexity index is 495. The van der Waals surface area contributed by atoms with Crippen molar-refractivity contribution >= 4 is 5.91 Å². The van der Waals surface area contributed by atoms with Crippen molar-refractivity contribution in [2.24, 2.45) is 5.92 Å². The van der Waals surface area contributed by atoms with Crippen LogP contribution >= 0.6 is 0 Å². The Morgan fingerprint density at radius 1 is 1.48 bits per heavy atom. The van der Waals surface area contributed by atoms with E-state index in [1.165, 1.54) is 12.8 Å². The van der Waals surface area contributed by atoms with Gasteiger partial charge in [0, 0.05) is 18.7 Å². The van der Waals surface area contributed by atoms with Gasteiger partial charge >= 0.3 is 0 Å². The highest BCUT2D eigenvalue weighted by atomic mass is 16.5. The minimum absolute atomic E-state index is 0.221. The Morgan fingerprint density at radius 3 is 2.95 bits per heavy atom. The van der Waals surface area contributed by atoms with E-state index in [1.54, 1.807) is 6.26 Å². The summed E-state index contributed by atoms with van der Waals surface area (Å²) in [4.78, 5) is 16.7. The largest absolute Gasteiger partial charge is 0.469 e. The molecular weight excluding hydrogens is 268 g/mol. The van der Waals surface area contributed by atoms with Gasteiger partial charge in [0.2, 0.25) is 5.91 Å². The summed E-state index contributed by atoms with van der Waals surface area (Å²) < 4.78 is 10.9. The molecule has 1 aliphatic heterocycles. The Balaban J connectivity index is 1.55. The van der Waals surface area contributed by atoms with E-state index >= 15 is 0 Å². The fourth-order valence-corrected chi connectivity index (χ4v) is 3.05. The van der Waals surface area contributed by atoms with Gasteiger partial charge in [0.15, 0.2) is 0 Å². The molecule has 3 rings (SSSR count). The van der Waals surface area contributed by atoms with Crippen LogP contribution in [-0.4, -0.2) is 55.1 Å². The molecular formula is C16H24N2O3. The van der Waals surface area contributed by atoms with Crippen molar-refractivity contribution in [3.8, 4) is 0 Å². The molecule has 21 heavy (non-hydrogen) atoms. The van der Waals surface area contributed by atoms with E-state index in [4.69, 9.17) is 9.15 Å². The molecule has 1 unspecified atom stereocenters. The summed E-state index contributed by atoms with van der Waals surface area (Å²) in [5, 5.41) is 0. The molecule has 116 valence electrons. The number of hydrogen-bond acceptors (Lipinski definition) is 4. The third-order valence-corrected chi connectivity index (χ3v) is 4.46. The summed E-state index contributed by atoms with van der Waals surface area (Å²) in [5.74, 6) is 1.81. The molecule has 1 saturated heterocycles. The molecule has 1 atom stereocenters. The number of carbonyl (C=O) groups is 1. The van der Waals surface area contributed by atoms with E-state index in [1.807, 2.05) is 24.9 Å². The predicted molar refractivity (Wildman–Crippen MR) is 78.8 cm³/mol. The molecule has 1 saturated carbocycles. The Hall–Kier alpha value is -1.33. The lowest BCUT2D eigenvalue weighted by Crippen LogP contribution is -2.52. The van der Waals surface area contributed by atoms with Crippen LogP contribution in [0.4, 0.5) is 0 Å². The third kappa shape index (κ3) is 3.47. The monoisotopic (exact) mass is 292 g/mol. The number of likely N-dealkylation sites (N-methyl/N-ethyl adjacent to an activating group) is 1. The number of hydrogen-bond donors (Lipinski definition) is 0. The molecule has 0 spiro atoms. The van der Waals surface area contributed by atoms with Crippen LogP contribution in [0.1, 0.15) is 24.2 Å². The number of furan rings is 1. The summed E-state index contributed by atoms with van der Waals surface area (Å²) in [6.45, 7) is 5.26. The average molecular weight is 292 g/mol. The quantitative estimate of drug-likeness (QED) is 0.828. The van der Waals surface area contributed by atoms with Crippen LogP contribution < -0.4 is 0 Å².